The van der Waals surface area contributed by atoms with Crippen LogP contribution in [0, 0.1) is 5.41 Å². The van der Waals surface area contributed by atoms with Gasteiger partial charge in [0.2, 0.25) is 0 Å². The van der Waals surface area contributed by atoms with Crippen LogP contribution in [0.4, 0.5) is 0 Å². The first-order valence-corrected chi connectivity index (χ1v) is 6.24. The van der Waals surface area contributed by atoms with Gasteiger partial charge in [0.15, 0.2) is 0 Å². The van der Waals surface area contributed by atoms with Crippen LogP contribution in [-0.2, 0) is 4.79 Å². The maximum absolute atomic E-state index is 11.7. The lowest BCUT2D eigenvalue weighted by molar-refractivity contribution is -0.127. The van der Waals surface area contributed by atoms with E-state index in [0.717, 1.165) is 38.8 Å². The summed E-state index contributed by atoms with van der Waals surface area (Å²) >= 11 is 0. The van der Waals surface area contributed by atoms with E-state index in [2.05, 4.69) is 31.1 Å². The van der Waals surface area contributed by atoms with Crippen molar-refractivity contribution in [3.63, 3.8) is 0 Å². The fraction of sp³-hybridized carbons (Fsp3) is 0.917. The molecule has 1 aliphatic heterocycles. The second-order valence-electron chi connectivity index (χ2n) is 5.51. The number of nitrogens with two attached hydrogens (primary N) is 1. The van der Waals surface area contributed by atoms with Gasteiger partial charge in [0.05, 0.1) is 6.04 Å². The first kappa shape index (κ1) is 13.5. The van der Waals surface area contributed by atoms with Gasteiger partial charge in [-0.1, -0.05) is 27.2 Å². The number of likely N-dealkylation sites (tertiary alicyclic amines) is 1. The summed E-state index contributed by atoms with van der Waals surface area (Å²) < 4.78 is 0. The maximum atomic E-state index is 11.7. The van der Waals surface area contributed by atoms with Crippen LogP contribution in [0.15, 0.2) is 0 Å². The number of nitrogens with one attached hydrogen (secondary N) is 1. The van der Waals surface area contributed by atoms with Gasteiger partial charge < -0.3 is 0 Å². The average molecular weight is 227 g/mol. The van der Waals surface area contributed by atoms with Crippen molar-refractivity contribution in [2.45, 2.75) is 52.5 Å². The Morgan fingerprint density at radius 2 is 2.00 bits per heavy atom. The molecule has 16 heavy (non-hydrogen) atoms. The van der Waals surface area contributed by atoms with E-state index in [1.54, 1.807) is 0 Å². The Bertz CT molecular complexity index is 230. The molecule has 1 amide bonds. The summed E-state index contributed by atoms with van der Waals surface area (Å²) in [7, 11) is 0. The fourth-order valence-corrected chi connectivity index (χ4v) is 2.29. The highest BCUT2D eigenvalue weighted by Crippen LogP contribution is 2.31. The van der Waals surface area contributed by atoms with Crippen LogP contribution in [0.5, 0.6) is 0 Å². The second kappa shape index (κ2) is 5.64. The Balaban J connectivity index is 2.56. The molecule has 0 bridgehead atoms. The number of nitrogens with zero attached hydrogens (tertiary/aromatic N) is 1. The summed E-state index contributed by atoms with van der Waals surface area (Å²) in [5, 5.41) is 0. The maximum Gasteiger partial charge on any atom is 0.251 e. The summed E-state index contributed by atoms with van der Waals surface area (Å²) in [5.74, 6) is 5.20. The van der Waals surface area contributed by atoms with Crippen LogP contribution in [0.25, 0.3) is 0 Å². The Morgan fingerprint density at radius 3 is 2.44 bits per heavy atom. The summed E-state index contributed by atoms with van der Waals surface area (Å²) in [4.78, 5) is 14.0. The second-order valence-corrected chi connectivity index (χ2v) is 5.51. The van der Waals surface area contributed by atoms with Gasteiger partial charge in [0, 0.05) is 0 Å². The van der Waals surface area contributed by atoms with Crippen molar-refractivity contribution in [3.8, 4) is 0 Å². The first-order valence-electron chi connectivity index (χ1n) is 6.24. The Hall–Kier alpha value is -0.610. The average Bonchev–Trinajstić information content (AvgIpc) is 2.25. The Kier molecular flexibility index (Phi) is 4.74. The molecule has 0 aromatic heterocycles. The van der Waals surface area contributed by atoms with E-state index in [1.165, 1.54) is 0 Å². The standard InChI is InChI=1S/C12H25N3O/c1-4-5-10(11(16)14-13)15-8-6-12(2,3)7-9-15/h10H,4-9,13H2,1-3H3,(H,14,16). The Labute approximate surface area is 98.5 Å². The van der Waals surface area contributed by atoms with Gasteiger partial charge in [-0.3, -0.25) is 15.1 Å². The van der Waals surface area contributed by atoms with Gasteiger partial charge in [0.25, 0.3) is 5.91 Å². The molecule has 0 aromatic rings. The molecule has 1 rings (SSSR count). The lowest BCUT2D eigenvalue weighted by Crippen LogP contribution is -2.52. The minimum absolute atomic E-state index is 0.0360. The van der Waals surface area contributed by atoms with Gasteiger partial charge in [0.1, 0.15) is 0 Å². The number of rotatable bonds is 4. The van der Waals surface area contributed by atoms with E-state index < -0.39 is 0 Å². The van der Waals surface area contributed by atoms with Gasteiger partial charge >= 0.3 is 0 Å². The highest BCUT2D eigenvalue weighted by Gasteiger charge is 2.31. The largest absolute Gasteiger partial charge is 0.293 e. The molecule has 94 valence electrons. The van der Waals surface area contributed by atoms with E-state index >= 15 is 0 Å². The highest BCUT2D eigenvalue weighted by molar-refractivity contribution is 5.81. The molecule has 3 N–H and O–H groups in total. The molecule has 0 aliphatic carbocycles. The van der Waals surface area contributed by atoms with Crippen molar-refractivity contribution in [1.29, 1.82) is 0 Å². The summed E-state index contributed by atoms with van der Waals surface area (Å²) in [6, 6.07) is -0.0360. The molecule has 4 nitrogen and oxygen atoms in total. The third-order valence-electron chi connectivity index (χ3n) is 3.60. The molecule has 1 heterocycles. The molecule has 1 aliphatic rings. The van der Waals surface area contributed by atoms with E-state index in [0.29, 0.717) is 5.41 Å². The van der Waals surface area contributed by atoms with Gasteiger partial charge in [-0.2, -0.15) is 0 Å². The molecule has 0 saturated carbocycles. The monoisotopic (exact) mass is 227 g/mol. The number of hydrogen-bond acceptors (Lipinski definition) is 3. The quantitative estimate of drug-likeness (QED) is 0.432. The fourth-order valence-electron chi connectivity index (χ4n) is 2.29. The van der Waals surface area contributed by atoms with E-state index in [9.17, 15) is 4.79 Å². The minimum Gasteiger partial charge on any atom is -0.293 e. The molecule has 1 unspecified atom stereocenters. The molecule has 0 radical (unpaired) electrons. The third kappa shape index (κ3) is 3.46. The molecule has 1 atom stereocenters. The lowest BCUT2D eigenvalue weighted by Gasteiger charge is -2.40. The Morgan fingerprint density at radius 1 is 1.44 bits per heavy atom. The number of amides is 1. The third-order valence-corrected chi connectivity index (χ3v) is 3.60. The smallest absolute Gasteiger partial charge is 0.251 e. The van der Waals surface area contributed by atoms with Crippen molar-refractivity contribution in [3.05, 3.63) is 0 Å². The van der Waals surface area contributed by atoms with Gasteiger partial charge in [-0.05, 0) is 37.8 Å². The molecule has 1 saturated heterocycles. The molecule has 4 heteroatoms. The zero-order chi connectivity index (χ0) is 12.2. The van der Waals surface area contributed by atoms with Crippen molar-refractivity contribution < 1.29 is 4.79 Å². The van der Waals surface area contributed by atoms with Crippen LogP contribution in [0.3, 0.4) is 0 Å². The van der Waals surface area contributed by atoms with Gasteiger partial charge in [-0.25, -0.2) is 5.84 Å². The summed E-state index contributed by atoms with van der Waals surface area (Å²) in [6.07, 6.45) is 4.22. The van der Waals surface area contributed by atoms with Crippen molar-refractivity contribution in [2.24, 2.45) is 11.3 Å². The summed E-state index contributed by atoms with van der Waals surface area (Å²) in [6.45, 7) is 8.70. The SMILES string of the molecule is CCCC(C(=O)NN)N1CCC(C)(C)CC1. The van der Waals surface area contributed by atoms with Crippen LogP contribution >= 0.6 is 0 Å². The first-order chi connectivity index (χ1) is 7.50. The van der Waals surface area contributed by atoms with Crippen LogP contribution in [-0.4, -0.2) is 29.9 Å². The number of hydrogen-bond donors (Lipinski definition) is 2. The molecular weight excluding hydrogens is 202 g/mol. The van der Waals surface area contributed by atoms with Crippen LogP contribution in [0.2, 0.25) is 0 Å². The predicted octanol–water partition coefficient (Wildman–Crippen LogP) is 1.27. The van der Waals surface area contributed by atoms with E-state index in [1.807, 2.05) is 0 Å². The number of carbonyl (C=O) groups excluding carboxylic acids is 1. The van der Waals surface area contributed by atoms with E-state index in [4.69, 9.17) is 5.84 Å². The number of carbonyl (C=O) groups is 1. The zero-order valence-electron chi connectivity index (χ0n) is 10.8. The predicted molar refractivity (Wildman–Crippen MR) is 65.6 cm³/mol. The molecular formula is C12H25N3O. The topological polar surface area (TPSA) is 58.4 Å². The van der Waals surface area contributed by atoms with Crippen molar-refractivity contribution in [2.75, 3.05) is 13.1 Å². The van der Waals surface area contributed by atoms with Crippen LogP contribution in [0.1, 0.15) is 46.5 Å². The number of hydrazine groups is 1. The normalized spacial score (nSPS) is 22.8. The van der Waals surface area contributed by atoms with Crippen molar-refractivity contribution >= 4 is 5.91 Å². The van der Waals surface area contributed by atoms with Crippen LogP contribution < -0.4 is 11.3 Å². The molecule has 0 spiro atoms. The lowest BCUT2D eigenvalue weighted by atomic mass is 9.82. The van der Waals surface area contributed by atoms with E-state index in [-0.39, 0.29) is 11.9 Å². The highest BCUT2D eigenvalue weighted by atomic mass is 16.2. The zero-order valence-corrected chi connectivity index (χ0v) is 10.8. The molecule has 1 fully saturated rings. The number of piperidine rings is 1. The summed E-state index contributed by atoms with van der Waals surface area (Å²) in [5.41, 5.74) is 2.71. The molecule has 0 aromatic carbocycles. The van der Waals surface area contributed by atoms with Crippen molar-refractivity contribution in [1.82, 2.24) is 10.3 Å². The van der Waals surface area contributed by atoms with Gasteiger partial charge in [-0.15, -0.1) is 0 Å². The minimum atomic E-state index is -0.0402.